The van der Waals surface area contributed by atoms with Crippen molar-refractivity contribution in [2.24, 2.45) is 0 Å². The summed E-state index contributed by atoms with van der Waals surface area (Å²) in [5.41, 5.74) is 0.490. The monoisotopic (exact) mass is 458 g/mol. The third-order valence-electron chi connectivity index (χ3n) is 6.48. The Morgan fingerprint density at radius 3 is 1.29 bits per heavy atom. The minimum Gasteiger partial charge on any atom is -0.544 e. The zero-order valence-corrected chi connectivity index (χ0v) is 22.8. The van der Waals surface area contributed by atoms with Gasteiger partial charge in [0.25, 0.3) is 0 Å². The van der Waals surface area contributed by atoms with Gasteiger partial charge in [-0.25, -0.2) is 4.79 Å². The van der Waals surface area contributed by atoms with Gasteiger partial charge in [-0.2, -0.15) is 0 Å². The molecule has 0 aliphatic carbocycles. The van der Waals surface area contributed by atoms with Crippen molar-refractivity contribution in [1.82, 2.24) is 0 Å². The Kier molecular flexibility index (Phi) is 7.18. The van der Waals surface area contributed by atoms with Crippen molar-refractivity contribution in [3.8, 4) is 17.2 Å². The fourth-order valence-corrected chi connectivity index (χ4v) is 4.36. The molecule has 170 valence electrons. The number of ether oxygens (including phenoxy) is 1. The van der Waals surface area contributed by atoms with E-state index in [2.05, 4.69) is 67.7 Å². The Morgan fingerprint density at radius 2 is 0.935 bits per heavy atom. The molecule has 0 amide bonds. The van der Waals surface area contributed by atoms with E-state index in [9.17, 15) is 4.79 Å². The van der Waals surface area contributed by atoms with Crippen LogP contribution in [0.1, 0.15) is 51.9 Å². The van der Waals surface area contributed by atoms with Crippen LogP contribution < -0.4 is 13.6 Å². The normalized spacial score (nSPS) is 13.0. The number of rotatable bonds is 6. The predicted molar refractivity (Wildman–Crippen MR) is 133 cm³/mol. The largest absolute Gasteiger partial charge is 0.544 e. The molecule has 0 saturated heterocycles. The van der Waals surface area contributed by atoms with E-state index >= 15 is 0 Å². The van der Waals surface area contributed by atoms with Crippen molar-refractivity contribution < 1.29 is 18.4 Å². The summed E-state index contributed by atoms with van der Waals surface area (Å²) < 4.78 is 18.1. The highest BCUT2D eigenvalue weighted by atomic mass is 28.4. The molecule has 0 aromatic heterocycles. The summed E-state index contributed by atoms with van der Waals surface area (Å²) in [7, 11) is -3.81. The summed E-state index contributed by atoms with van der Waals surface area (Å²) in [5, 5.41) is 0.240. The zero-order valence-electron chi connectivity index (χ0n) is 20.8. The van der Waals surface area contributed by atoms with Gasteiger partial charge in [0.1, 0.15) is 17.2 Å². The van der Waals surface area contributed by atoms with Crippen LogP contribution in [0.4, 0.5) is 0 Å². The van der Waals surface area contributed by atoms with Crippen LogP contribution in [0.5, 0.6) is 17.2 Å². The van der Waals surface area contributed by atoms with Gasteiger partial charge in [0.05, 0.1) is 5.56 Å². The lowest BCUT2D eigenvalue weighted by molar-refractivity contribution is 0.0734. The maximum Gasteiger partial charge on any atom is 0.343 e. The molecule has 4 nitrogen and oxygen atoms in total. The van der Waals surface area contributed by atoms with Crippen molar-refractivity contribution in [2.75, 3.05) is 0 Å². The fourth-order valence-electron chi connectivity index (χ4n) is 2.30. The second kappa shape index (κ2) is 8.83. The Balaban J connectivity index is 2.02. The number of esters is 1. The van der Waals surface area contributed by atoms with E-state index in [0.717, 1.165) is 11.5 Å². The maximum absolute atomic E-state index is 12.5. The van der Waals surface area contributed by atoms with E-state index in [1.54, 1.807) is 24.3 Å². The molecule has 0 unspecified atom stereocenters. The highest BCUT2D eigenvalue weighted by molar-refractivity contribution is 6.75. The second-order valence-electron chi connectivity index (χ2n) is 11.1. The van der Waals surface area contributed by atoms with Crippen LogP contribution >= 0.6 is 0 Å². The van der Waals surface area contributed by atoms with Crippen LogP contribution in [-0.2, 0) is 0 Å². The number of carbonyl (C=O) groups excluding carboxylic acids is 1. The first-order valence-corrected chi connectivity index (χ1v) is 16.6. The van der Waals surface area contributed by atoms with Gasteiger partial charge in [0.2, 0.25) is 16.6 Å². The van der Waals surface area contributed by atoms with Gasteiger partial charge in [-0.15, -0.1) is 0 Å². The van der Waals surface area contributed by atoms with Gasteiger partial charge in [0.15, 0.2) is 0 Å². The lowest BCUT2D eigenvalue weighted by Crippen LogP contribution is -2.43. The van der Waals surface area contributed by atoms with E-state index in [0.29, 0.717) is 11.3 Å². The molecule has 0 aliphatic heterocycles. The summed E-state index contributed by atoms with van der Waals surface area (Å²) in [5.74, 6) is 1.69. The van der Waals surface area contributed by atoms with Crippen molar-refractivity contribution in [3.05, 3.63) is 54.1 Å². The SMILES string of the molecule is CC(C)(C)[Si](C)(C)Oc1ccc(OC(=O)c2ccc(O[Si](C)(C)C(C)(C)C)cc2)cc1. The summed E-state index contributed by atoms with van der Waals surface area (Å²) in [6.07, 6.45) is 0. The minimum absolute atomic E-state index is 0.116. The summed E-state index contributed by atoms with van der Waals surface area (Å²) >= 11 is 0. The molecule has 0 aliphatic rings. The summed E-state index contributed by atoms with van der Waals surface area (Å²) in [6, 6.07) is 14.4. The molecule has 0 saturated carbocycles. The molecule has 6 heteroatoms. The second-order valence-corrected chi connectivity index (χ2v) is 20.6. The lowest BCUT2D eigenvalue weighted by Gasteiger charge is -2.36. The Bertz CT molecular complexity index is 887. The molecule has 2 aromatic carbocycles. The van der Waals surface area contributed by atoms with E-state index in [1.807, 2.05) is 24.3 Å². The zero-order chi connectivity index (χ0) is 23.7. The van der Waals surface area contributed by atoms with Gasteiger partial charge in [0, 0.05) is 0 Å². The van der Waals surface area contributed by atoms with E-state index < -0.39 is 22.6 Å². The van der Waals surface area contributed by atoms with Crippen molar-refractivity contribution >= 4 is 22.6 Å². The summed E-state index contributed by atoms with van der Waals surface area (Å²) in [6.45, 7) is 22.0. The smallest absolute Gasteiger partial charge is 0.343 e. The molecule has 0 atom stereocenters. The molecule has 0 radical (unpaired) electrons. The molecule has 31 heavy (non-hydrogen) atoms. The average molecular weight is 459 g/mol. The third-order valence-corrected chi connectivity index (χ3v) is 15.2. The van der Waals surface area contributed by atoms with Crippen molar-refractivity contribution in [2.45, 2.75) is 77.8 Å². The summed E-state index contributed by atoms with van der Waals surface area (Å²) in [4.78, 5) is 12.5. The number of hydrogen-bond acceptors (Lipinski definition) is 4. The van der Waals surface area contributed by atoms with Crippen molar-refractivity contribution in [3.63, 3.8) is 0 Å². The minimum atomic E-state index is -1.91. The molecule has 2 rings (SSSR count). The third kappa shape index (κ3) is 6.46. The van der Waals surface area contributed by atoms with Gasteiger partial charge in [-0.1, -0.05) is 41.5 Å². The maximum atomic E-state index is 12.5. The first kappa shape index (κ1) is 25.2. The number of carbonyl (C=O) groups is 1. The van der Waals surface area contributed by atoms with Crippen LogP contribution in [0.2, 0.25) is 36.3 Å². The Labute approximate surface area is 190 Å². The standard InChI is InChI=1S/C25H38O4Si2/c1-24(2,3)30(7,8)28-21-13-11-19(12-14-21)23(26)27-20-15-17-22(18-16-20)29-31(9,10)25(4,5)6/h11-18H,1-10H3. The first-order valence-electron chi connectivity index (χ1n) is 10.8. The molecule has 0 fully saturated rings. The fraction of sp³-hybridized carbons (Fsp3) is 0.480. The van der Waals surface area contributed by atoms with E-state index in [4.69, 9.17) is 13.6 Å². The highest BCUT2D eigenvalue weighted by Crippen LogP contribution is 2.38. The van der Waals surface area contributed by atoms with Gasteiger partial charge >= 0.3 is 5.97 Å². The number of benzene rings is 2. The van der Waals surface area contributed by atoms with E-state index in [1.165, 1.54) is 0 Å². The quantitative estimate of drug-likeness (QED) is 0.253. The van der Waals surface area contributed by atoms with Gasteiger partial charge in [-0.3, -0.25) is 0 Å². The predicted octanol–water partition coefficient (Wildman–Crippen LogP) is 7.67. The molecule has 0 N–H and O–H groups in total. The van der Waals surface area contributed by atoms with Crippen LogP contribution in [-0.4, -0.2) is 22.6 Å². The van der Waals surface area contributed by atoms with Gasteiger partial charge < -0.3 is 13.6 Å². The molecule has 0 bridgehead atoms. The average Bonchev–Trinajstić information content (AvgIpc) is 2.61. The van der Waals surface area contributed by atoms with Crippen LogP contribution in [0.15, 0.2) is 48.5 Å². The van der Waals surface area contributed by atoms with Crippen LogP contribution in [0.3, 0.4) is 0 Å². The molecule has 0 heterocycles. The van der Waals surface area contributed by atoms with E-state index in [-0.39, 0.29) is 10.1 Å². The van der Waals surface area contributed by atoms with Crippen LogP contribution in [0.25, 0.3) is 0 Å². The Hall–Kier alpha value is -2.06. The Morgan fingerprint density at radius 1 is 0.613 bits per heavy atom. The molecule has 0 spiro atoms. The first-order chi connectivity index (χ1) is 14.0. The number of hydrogen-bond donors (Lipinski definition) is 0. The lowest BCUT2D eigenvalue weighted by atomic mass is 10.2. The van der Waals surface area contributed by atoms with Crippen molar-refractivity contribution in [1.29, 1.82) is 0 Å². The topological polar surface area (TPSA) is 44.8 Å². The molecule has 2 aromatic rings. The van der Waals surface area contributed by atoms with Crippen LogP contribution in [0, 0.1) is 0 Å². The highest BCUT2D eigenvalue weighted by Gasteiger charge is 2.39. The molecular weight excluding hydrogens is 420 g/mol. The molecular formula is C25H38O4Si2. The van der Waals surface area contributed by atoms with Gasteiger partial charge in [-0.05, 0) is 84.8 Å².